The van der Waals surface area contributed by atoms with Gasteiger partial charge in [-0.1, -0.05) is 11.6 Å². The van der Waals surface area contributed by atoms with Gasteiger partial charge in [0.25, 0.3) is 5.91 Å². The predicted octanol–water partition coefficient (Wildman–Crippen LogP) is 0.945. The van der Waals surface area contributed by atoms with Crippen LogP contribution < -0.4 is 11.5 Å². The minimum Gasteiger partial charge on any atom is -0.452 e. The van der Waals surface area contributed by atoms with Gasteiger partial charge in [-0.25, -0.2) is 4.79 Å². The van der Waals surface area contributed by atoms with E-state index in [1.165, 1.54) is 23.1 Å². The summed E-state index contributed by atoms with van der Waals surface area (Å²) in [6.07, 6.45) is 2.15. The van der Waals surface area contributed by atoms with Crippen molar-refractivity contribution >= 4 is 35.1 Å². The molecule has 2 amide bonds. The lowest BCUT2D eigenvalue weighted by Gasteiger charge is -2.33. The van der Waals surface area contributed by atoms with Crippen LogP contribution in [0.15, 0.2) is 18.2 Å². The molecule has 1 atom stereocenters. The fraction of sp³-hybridized carbons (Fsp3) is 0.400. The minimum atomic E-state index is -0.686. The topological polar surface area (TPSA) is 116 Å². The average Bonchev–Trinajstić information content (AvgIpc) is 2.54. The second-order valence-corrected chi connectivity index (χ2v) is 5.72. The molecule has 8 heteroatoms. The lowest BCUT2D eigenvalue weighted by molar-refractivity contribution is -0.143. The molecule has 124 valence electrons. The molecular weight excluding hydrogens is 322 g/mol. The van der Waals surface area contributed by atoms with E-state index in [2.05, 4.69) is 0 Å². The number of primary amides is 1. The summed E-state index contributed by atoms with van der Waals surface area (Å²) in [5, 5.41) is 0.329. The Labute approximate surface area is 138 Å². The molecule has 1 aromatic carbocycles. The van der Waals surface area contributed by atoms with E-state index < -0.39 is 30.4 Å². The number of hydrogen-bond acceptors (Lipinski definition) is 5. The summed E-state index contributed by atoms with van der Waals surface area (Å²) >= 11 is 5.78. The van der Waals surface area contributed by atoms with Crippen LogP contribution in [-0.4, -0.2) is 41.9 Å². The van der Waals surface area contributed by atoms with Crippen LogP contribution in [0.25, 0.3) is 0 Å². The Morgan fingerprint density at radius 3 is 2.70 bits per heavy atom. The van der Waals surface area contributed by atoms with E-state index in [0.29, 0.717) is 18.0 Å². The summed E-state index contributed by atoms with van der Waals surface area (Å²) in [7, 11) is 0. The van der Waals surface area contributed by atoms with Gasteiger partial charge < -0.3 is 21.1 Å². The van der Waals surface area contributed by atoms with E-state index in [9.17, 15) is 14.4 Å². The molecule has 2 rings (SSSR count). The summed E-state index contributed by atoms with van der Waals surface area (Å²) in [5.41, 5.74) is 11.4. The molecule has 23 heavy (non-hydrogen) atoms. The van der Waals surface area contributed by atoms with Crippen molar-refractivity contribution in [3.63, 3.8) is 0 Å². The van der Waals surface area contributed by atoms with Gasteiger partial charge in [0.15, 0.2) is 6.61 Å². The summed E-state index contributed by atoms with van der Waals surface area (Å²) in [5.74, 6) is -1.67. The number of rotatable bonds is 4. The van der Waals surface area contributed by atoms with Crippen molar-refractivity contribution in [1.82, 2.24) is 4.90 Å². The number of likely N-dealkylation sites (tertiary alicyclic amines) is 1. The molecular formula is C15H18ClN3O4. The van der Waals surface area contributed by atoms with Crippen LogP contribution in [0.4, 0.5) is 5.69 Å². The van der Waals surface area contributed by atoms with Crippen molar-refractivity contribution in [2.24, 2.45) is 5.73 Å². The molecule has 1 fully saturated rings. The fourth-order valence-corrected chi connectivity index (χ4v) is 2.61. The monoisotopic (exact) mass is 339 g/mol. The maximum absolute atomic E-state index is 12.2. The third kappa shape index (κ3) is 4.13. The Kier molecular flexibility index (Phi) is 5.44. The van der Waals surface area contributed by atoms with E-state index in [1.54, 1.807) is 0 Å². The van der Waals surface area contributed by atoms with Crippen LogP contribution in [0, 0.1) is 0 Å². The Morgan fingerprint density at radius 1 is 1.30 bits per heavy atom. The SMILES string of the molecule is NC(=O)[C@H]1CCCCN1C(=O)COC(=O)c1ccc(Cl)c(N)c1. The zero-order chi connectivity index (χ0) is 17.0. The number of nitrogens with zero attached hydrogens (tertiary/aromatic N) is 1. The first-order chi connectivity index (χ1) is 10.9. The molecule has 7 nitrogen and oxygen atoms in total. The van der Waals surface area contributed by atoms with Crippen LogP contribution in [0.3, 0.4) is 0 Å². The molecule has 0 spiro atoms. The molecule has 0 radical (unpaired) electrons. The first-order valence-corrected chi connectivity index (χ1v) is 7.59. The largest absolute Gasteiger partial charge is 0.452 e. The van der Waals surface area contributed by atoms with Crippen LogP contribution in [0.5, 0.6) is 0 Å². The minimum absolute atomic E-state index is 0.199. The van der Waals surface area contributed by atoms with Gasteiger partial charge in [-0.3, -0.25) is 9.59 Å². The van der Waals surface area contributed by atoms with Crippen molar-refractivity contribution in [2.45, 2.75) is 25.3 Å². The van der Waals surface area contributed by atoms with Gasteiger partial charge in [0.05, 0.1) is 16.3 Å². The van der Waals surface area contributed by atoms with Crippen LogP contribution in [0.1, 0.15) is 29.6 Å². The van der Waals surface area contributed by atoms with Gasteiger partial charge in [0, 0.05) is 6.54 Å². The smallest absolute Gasteiger partial charge is 0.338 e. The molecule has 1 aliphatic rings. The Morgan fingerprint density at radius 2 is 2.04 bits per heavy atom. The zero-order valence-electron chi connectivity index (χ0n) is 12.5. The summed E-state index contributed by atoms with van der Waals surface area (Å²) in [6.45, 7) is -0.0248. The highest BCUT2D eigenvalue weighted by Gasteiger charge is 2.31. The van der Waals surface area contributed by atoms with Crippen LogP contribution in [0.2, 0.25) is 5.02 Å². The van der Waals surface area contributed by atoms with Crippen LogP contribution >= 0.6 is 11.6 Å². The van der Waals surface area contributed by atoms with Crippen molar-refractivity contribution in [1.29, 1.82) is 0 Å². The average molecular weight is 340 g/mol. The normalized spacial score (nSPS) is 17.6. The van der Waals surface area contributed by atoms with Gasteiger partial charge >= 0.3 is 5.97 Å². The second-order valence-electron chi connectivity index (χ2n) is 5.31. The maximum atomic E-state index is 12.2. The Bertz CT molecular complexity index is 635. The summed E-state index contributed by atoms with van der Waals surface area (Å²) < 4.78 is 4.99. The standard InChI is InChI=1S/C15H18ClN3O4/c16-10-5-4-9(7-11(10)17)15(22)23-8-13(20)19-6-2-1-3-12(19)14(18)21/h4-5,7,12H,1-3,6,8,17H2,(H2,18,21)/t12-/m1/s1. The van der Waals surface area contributed by atoms with E-state index in [1.807, 2.05) is 0 Å². The van der Waals surface area contributed by atoms with Gasteiger partial charge in [-0.2, -0.15) is 0 Å². The predicted molar refractivity (Wildman–Crippen MR) is 84.7 cm³/mol. The third-order valence-electron chi connectivity index (χ3n) is 3.71. The quantitative estimate of drug-likeness (QED) is 0.625. The Hall–Kier alpha value is -2.28. The number of nitrogen functional groups attached to an aromatic ring is 1. The molecule has 1 saturated heterocycles. The summed E-state index contributed by atoms with van der Waals surface area (Å²) in [6, 6.07) is 3.67. The highest BCUT2D eigenvalue weighted by atomic mass is 35.5. The molecule has 4 N–H and O–H groups in total. The highest BCUT2D eigenvalue weighted by molar-refractivity contribution is 6.33. The zero-order valence-corrected chi connectivity index (χ0v) is 13.2. The lowest BCUT2D eigenvalue weighted by atomic mass is 10.0. The van der Waals surface area contributed by atoms with Crippen molar-refractivity contribution < 1.29 is 19.1 Å². The molecule has 0 saturated carbocycles. The number of anilines is 1. The molecule has 1 aromatic rings. The molecule has 0 unspecified atom stereocenters. The lowest BCUT2D eigenvalue weighted by Crippen LogP contribution is -2.51. The van der Waals surface area contributed by atoms with Gasteiger partial charge in [0.1, 0.15) is 6.04 Å². The number of benzene rings is 1. The number of carbonyl (C=O) groups is 3. The van der Waals surface area contributed by atoms with E-state index in [4.69, 9.17) is 27.8 Å². The third-order valence-corrected chi connectivity index (χ3v) is 4.05. The number of carbonyl (C=O) groups excluding carboxylic acids is 3. The first-order valence-electron chi connectivity index (χ1n) is 7.21. The second kappa shape index (κ2) is 7.32. The number of halogens is 1. The number of piperidine rings is 1. The number of ether oxygens (including phenoxy) is 1. The fourth-order valence-electron chi connectivity index (χ4n) is 2.49. The van der Waals surface area contributed by atoms with Gasteiger partial charge in [-0.05, 0) is 37.5 Å². The van der Waals surface area contributed by atoms with Crippen molar-refractivity contribution in [3.05, 3.63) is 28.8 Å². The number of amides is 2. The van der Waals surface area contributed by atoms with E-state index >= 15 is 0 Å². The number of esters is 1. The summed E-state index contributed by atoms with van der Waals surface area (Å²) in [4.78, 5) is 36.9. The maximum Gasteiger partial charge on any atom is 0.338 e. The number of nitrogens with two attached hydrogens (primary N) is 2. The van der Waals surface area contributed by atoms with Crippen molar-refractivity contribution in [3.8, 4) is 0 Å². The highest BCUT2D eigenvalue weighted by Crippen LogP contribution is 2.20. The molecule has 1 heterocycles. The Balaban J connectivity index is 1.96. The molecule has 0 aliphatic carbocycles. The molecule has 1 aliphatic heterocycles. The van der Waals surface area contributed by atoms with Gasteiger partial charge in [0.2, 0.25) is 5.91 Å². The van der Waals surface area contributed by atoms with E-state index in [-0.39, 0.29) is 11.3 Å². The first kappa shape index (κ1) is 17.1. The van der Waals surface area contributed by atoms with E-state index in [0.717, 1.165) is 12.8 Å². The molecule has 0 aromatic heterocycles. The molecule has 0 bridgehead atoms. The van der Waals surface area contributed by atoms with Gasteiger partial charge in [-0.15, -0.1) is 0 Å². The van der Waals surface area contributed by atoms with Crippen molar-refractivity contribution in [2.75, 3.05) is 18.9 Å². The van der Waals surface area contributed by atoms with Crippen LogP contribution in [-0.2, 0) is 14.3 Å². The number of hydrogen-bond donors (Lipinski definition) is 2.